The Morgan fingerprint density at radius 3 is 2.23 bits per heavy atom. The molecule has 1 aliphatic carbocycles. The van der Waals surface area contributed by atoms with Crippen LogP contribution in [0.3, 0.4) is 0 Å². The molecule has 2 heterocycles. The minimum absolute atomic E-state index is 0.00587. The number of benzene rings is 2. The molecule has 0 saturated heterocycles. The van der Waals surface area contributed by atoms with Gasteiger partial charge in [0.25, 0.3) is 0 Å². The highest BCUT2D eigenvalue weighted by atomic mass is 32.2. The van der Waals surface area contributed by atoms with Crippen LogP contribution in [-0.4, -0.2) is 36.1 Å². The SMILES string of the molecule is Cc1cc(OC(C)C)cnc1C1CCC1C(c1cccc([SH](=O)=O)c1)C(COc1cc(-c2c(C)cccc2C)ncn1)CC(C)(C)C. The molecule has 5 rings (SSSR count). The first-order valence-corrected chi connectivity index (χ1v) is 17.9. The van der Waals surface area contributed by atoms with Crippen molar-refractivity contribution in [2.24, 2.45) is 17.3 Å². The molecule has 0 amide bonds. The average Bonchev–Trinajstić information content (AvgIpc) is 2.98. The third-order valence-corrected chi connectivity index (χ3v) is 9.98. The third-order valence-electron chi connectivity index (χ3n) is 9.28. The van der Waals surface area contributed by atoms with Crippen molar-refractivity contribution in [2.75, 3.05) is 6.61 Å². The molecule has 4 unspecified atom stereocenters. The Labute approximate surface area is 282 Å². The number of ether oxygens (including phenoxy) is 2. The highest BCUT2D eigenvalue weighted by molar-refractivity contribution is 7.72. The van der Waals surface area contributed by atoms with Gasteiger partial charge in [0.2, 0.25) is 5.88 Å². The summed E-state index contributed by atoms with van der Waals surface area (Å²) in [5.74, 6) is 1.97. The van der Waals surface area contributed by atoms with Crippen molar-refractivity contribution in [3.8, 4) is 22.9 Å². The summed E-state index contributed by atoms with van der Waals surface area (Å²) < 4.78 is 36.8. The van der Waals surface area contributed by atoms with E-state index in [1.807, 2.05) is 38.2 Å². The maximum atomic E-state index is 12.2. The van der Waals surface area contributed by atoms with E-state index in [0.717, 1.165) is 64.2 Å². The largest absolute Gasteiger partial charge is 0.489 e. The van der Waals surface area contributed by atoms with Gasteiger partial charge in [0.05, 0.1) is 29.5 Å². The Bertz CT molecular complexity index is 1750. The van der Waals surface area contributed by atoms with Crippen molar-refractivity contribution in [2.45, 2.75) is 97.5 Å². The van der Waals surface area contributed by atoms with Gasteiger partial charge in [0.15, 0.2) is 10.7 Å². The minimum Gasteiger partial charge on any atom is -0.489 e. The lowest BCUT2D eigenvalue weighted by molar-refractivity contribution is 0.0982. The van der Waals surface area contributed by atoms with Gasteiger partial charge in [-0.1, -0.05) is 51.1 Å². The van der Waals surface area contributed by atoms with Gasteiger partial charge in [-0.05, 0) is 112 Å². The van der Waals surface area contributed by atoms with Gasteiger partial charge in [-0.2, -0.15) is 0 Å². The first-order chi connectivity index (χ1) is 22.3. The number of nitrogens with zero attached hydrogens (tertiary/aromatic N) is 3. The van der Waals surface area contributed by atoms with E-state index in [-0.39, 0.29) is 35.2 Å². The molecule has 47 heavy (non-hydrogen) atoms. The molecule has 2 aromatic heterocycles. The van der Waals surface area contributed by atoms with Gasteiger partial charge in [-0.15, -0.1) is 0 Å². The van der Waals surface area contributed by atoms with E-state index in [0.29, 0.717) is 17.4 Å². The van der Waals surface area contributed by atoms with Gasteiger partial charge < -0.3 is 9.47 Å². The molecule has 8 heteroatoms. The number of thiol groups is 1. The molecule has 1 fully saturated rings. The molecular weight excluding hydrogens is 607 g/mol. The molecule has 4 atom stereocenters. The van der Waals surface area contributed by atoms with Crippen molar-refractivity contribution in [1.82, 2.24) is 15.0 Å². The molecule has 0 bridgehead atoms. The first-order valence-electron chi connectivity index (χ1n) is 16.7. The zero-order chi connectivity index (χ0) is 33.9. The van der Waals surface area contributed by atoms with Crippen molar-refractivity contribution in [1.29, 1.82) is 0 Å². The van der Waals surface area contributed by atoms with Crippen LogP contribution in [0.5, 0.6) is 11.6 Å². The van der Waals surface area contributed by atoms with E-state index in [4.69, 9.17) is 14.5 Å². The van der Waals surface area contributed by atoms with Crippen LogP contribution >= 0.6 is 0 Å². The fraction of sp³-hybridized carbons (Fsp3) is 0.462. The van der Waals surface area contributed by atoms with E-state index >= 15 is 0 Å². The van der Waals surface area contributed by atoms with Crippen molar-refractivity contribution in [3.63, 3.8) is 0 Å². The highest BCUT2D eigenvalue weighted by Crippen LogP contribution is 2.54. The van der Waals surface area contributed by atoms with E-state index < -0.39 is 10.7 Å². The van der Waals surface area contributed by atoms with Crippen LogP contribution in [0.25, 0.3) is 11.3 Å². The second-order valence-corrected chi connectivity index (χ2v) is 15.6. The highest BCUT2D eigenvalue weighted by Gasteiger charge is 2.44. The molecule has 250 valence electrons. The summed E-state index contributed by atoms with van der Waals surface area (Å²) in [5.41, 5.74) is 7.50. The minimum atomic E-state index is -2.71. The Kier molecular flexibility index (Phi) is 10.7. The zero-order valence-electron chi connectivity index (χ0n) is 29.0. The summed E-state index contributed by atoms with van der Waals surface area (Å²) in [4.78, 5) is 14.4. The normalized spacial score (nSPS) is 17.7. The van der Waals surface area contributed by atoms with Crippen molar-refractivity contribution in [3.05, 3.63) is 95.1 Å². The van der Waals surface area contributed by atoms with Gasteiger partial charge in [0.1, 0.15) is 12.1 Å². The second kappa shape index (κ2) is 14.5. The topological polar surface area (TPSA) is 91.3 Å². The molecule has 0 radical (unpaired) electrons. The molecule has 0 aliphatic heterocycles. The molecule has 2 aromatic carbocycles. The maximum Gasteiger partial charge on any atom is 0.216 e. The summed E-state index contributed by atoms with van der Waals surface area (Å²) in [5, 5.41) is 0. The average molecular weight is 656 g/mol. The summed E-state index contributed by atoms with van der Waals surface area (Å²) in [6.07, 6.45) is 6.44. The second-order valence-electron chi connectivity index (χ2n) is 14.6. The summed E-state index contributed by atoms with van der Waals surface area (Å²) in [6, 6.07) is 17.8. The van der Waals surface area contributed by atoms with E-state index in [1.165, 1.54) is 0 Å². The smallest absolute Gasteiger partial charge is 0.216 e. The molecular formula is C39H49N3O4S. The van der Waals surface area contributed by atoms with Gasteiger partial charge in [0, 0.05) is 29.2 Å². The van der Waals surface area contributed by atoms with Crippen LogP contribution in [0.4, 0.5) is 0 Å². The fourth-order valence-electron chi connectivity index (χ4n) is 7.34. The molecule has 4 aromatic rings. The summed E-state index contributed by atoms with van der Waals surface area (Å²) >= 11 is 0. The lowest BCUT2D eigenvalue weighted by atomic mass is 9.59. The standard InChI is InChI=1S/C39H49N3O4S/c1-24(2)46-30-17-27(5)38(40-21-30)33-16-15-32(33)37(28-13-10-14-31(18-28)47(43)44)29(20-39(6,7)8)22-45-35-19-34(41-23-42-35)36-25(3)11-9-12-26(36)4/h9-14,17-19,21,23-24,29,32-33,37,47H,15-16,20,22H2,1-8H3. The predicted molar refractivity (Wildman–Crippen MR) is 188 cm³/mol. The molecule has 1 aliphatic rings. The van der Waals surface area contributed by atoms with Crippen LogP contribution in [0.1, 0.15) is 93.7 Å². The zero-order valence-corrected chi connectivity index (χ0v) is 29.9. The summed E-state index contributed by atoms with van der Waals surface area (Å²) in [6.45, 7) is 17.5. The van der Waals surface area contributed by atoms with Gasteiger partial charge >= 0.3 is 0 Å². The van der Waals surface area contributed by atoms with E-state index in [2.05, 4.69) is 81.8 Å². The van der Waals surface area contributed by atoms with E-state index in [9.17, 15) is 8.42 Å². The first kappa shape index (κ1) is 34.6. The van der Waals surface area contributed by atoms with Crippen LogP contribution in [0.2, 0.25) is 0 Å². The van der Waals surface area contributed by atoms with Crippen LogP contribution in [0.15, 0.2) is 72.0 Å². The molecule has 1 saturated carbocycles. The molecule has 7 nitrogen and oxygen atoms in total. The molecule has 0 spiro atoms. The number of hydrogen-bond donors (Lipinski definition) is 1. The Hall–Kier alpha value is -3.78. The maximum absolute atomic E-state index is 12.2. The van der Waals surface area contributed by atoms with Gasteiger partial charge in [-0.3, -0.25) is 4.98 Å². The number of aromatic nitrogens is 3. The van der Waals surface area contributed by atoms with Crippen molar-refractivity contribution < 1.29 is 17.9 Å². The van der Waals surface area contributed by atoms with Gasteiger partial charge in [-0.25, -0.2) is 18.4 Å². The Balaban J connectivity index is 1.51. The number of pyridine rings is 1. The van der Waals surface area contributed by atoms with E-state index in [1.54, 1.807) is 12.4 Å². The van der Waals surface area contributed by atoms with Crippen LogP contribution in [-0.2, 0) is 10.7 Å². The number of rotatable bonds is 12. The Morgan fingerprint density at radius 2 is 1.62 bits per heavy atom. The predicted octanol–water partition coefficient (Wildman–Crippen LogP) is 8.63. The summed E-state index contributed by atoms with van der Waals surface area (Å²) in [7, 11) is -2.71. The molecule has 0 N–H and O–H groups in total. The lowest BCUT2D eigenvalue weighted by Gasteiger charge is -2.46. The Morgan fingerprint density at radius 1 is 0.894 bits per heavy atom. The lowest BCUT2D eigenvalue weighted by Crippen LogP contribution is -2.37. The van der Waals surface area contributed by atoms with Crippen LogP contribution in [0, 0.1) is 38.0 Å². The van der Waals surface area contributed by atoms with Crippen molar-refractivity contribution >= 4 is 10.7 Å². The fourth-order valence-corrected chi connectivity index (χ4v) is 7.80. The third kappa shape index (κ3) is 8.39. The van der Waals surface area contributed by atoms with Crippen LogP contribution < -0.4 is 9.47 Å². The quantitative estimate of drug-likeness (QED) is 0.153. The monoisotopic (exact) mass is 655 g/mol. The number of hydrogen-bond acceptors (Lipinski definition) is 7. The number of aryl methyl sites for hydroxylation is 3.